The molecule has 3 nitrogen and oxygen atoms in total. The van der Waals surface area contributed by atoms with Gasteiger partial charge in [-0.25, -0.2) is 0 Å². The van der Waals surface area contributed by atoms with Crippen molar-refractivity contribution in [3.8, 4) is 11.5 Å². The Bertz CT molecular complexity index is 637. The molecule has 21 heavy (non-hydrogen) atoms. The van der Waals surface area contributed by atoms with Gasteiger partial charge in [-0.2, -0.15) is 0 Å². The highest BCUT2D eigenvalue weighted by Gasteiger charge is 2.24. The molecule has 1 heterocycles. The Morgan fingerprint density at radius 3 is 2.38 bits per heavy atom. The maximum absolute atomic E-state index is 5.99. The van der Waals surface area contributed by atoms with Gasteiger partial charge in [-0.05, 0) is 47.4 Å². The zero-order valence-electron chi connectivity index (χ0n) is 12.1. The van der Waals surface area contributed by atoms with E-state index < -0.39 is 0 Å². The molecule has 1 atom stereocenters. The minimum atomic E-state index is -0.0540. The molecule has 1 aliphatic rings. The van der Waals surface area contributed by atoms with Crippen molar-refractivity contribution in [2.45, 2.75) is 12.5 Å². The van der Waals surface area contributed by atoms with Crippen LogP contribution in [0.4, 0.5) is 0 Å². The highest BCUT2D eigenvalue weighted by molar-refractivity contribution is 9.10. The van der Waals surface area contributed by atoms with Crippen LogP contribution in [0.15, 0.2) is 40.9 Å². The van der Waals surface area contributed by atoms with Gasteiger partial charge in [0.2, 0.25) is 0 Å². The van der Waals surface area contributed by atoms with Crippen molar-refractivity contribution in [3.63, 3.8) is 0 Å². The molecule has 4 heteroatoms. The predicted molar refractivity (Wildman–Crippen MR) is 85.2 cm³/mol. The second kappa shape index (κ2) is 6.08. The van der Waals surface area contributed by atoms with E-state index in [2.05, 4.69) is 34.1 Å². The number of fused-ring (bicyclic) bond motifs is 1. The molecule has 0 saturated heterocycles. The van der Waals surface area contributed by atoms with Crippen LogP contribution in [0.25, 0.3) is 0 Å². The number of methoxy groups -OCH3 is 2. The third-order valence-electron chi connectivity index (χ3n) is 3.76. The van der Waals surface area contributed by atoms with E-state index in [9.17, 15) is 0 Å². The van der Waals surface area contributed by atoms with Crippen LogP contribution in [0.3, 0.4) is 0 Å². The summed E-state index contributed by atoms with van der Waals surface area (Å²) >= 11 is 3.47. The Morgan fingerprint density at radius 2 is 1.71 bits per heavy atom. The second-order valence-corrected chi connectivity index (χ2v) is 5.87. The molecule has 0 saturated carbocycles. The Morgan fingerprint density at radius 1 is 1.05 bits per heavy atom. The van der Waals surface area contributed by atoms with Gasteiger partial charge in [-0.1, -0.05) is 28.1 Å². The molecular formula is C17H17BrO3. The fraction of sp³-hybridized carbons (Fsp3) is 0.294. The van der Waals surface area contributed by atoms with Crippen LogP contribution in [-0.4, -0.2) is 20.8 Å². The van der Waals surface area contributed by atoms with Gasteiger partial charge in [-0.15, -0.1) is 0 Å². The Kier molecular flexibility index (Phi) is 4.17. The van der Waals surface area contributed by atoms with Crippen LogP contribution in [-0.2, 0) is 11.2 Å². The number of hydrogen-bond acceptors (Lipinski definition) is 3. The smallest absolute Gasteiger partial charge is 0.161 e. The molecule has 0 aliphatic carbocycles. The van der Waals surface area contributed by atoms with Gasteiger partial charge in [0.25, 0.3) is 0 Å². The van der Waals surface area contributed by atoms with Gasteiger partial charge in [0, 0.05) is 4.47 Å². The maximum Gasteiger partial charge on any atom is 0.161 e. The fourth-order valence-corrected chi connectivity index (χ4v) is 2.95. The summed E-state index contributed by atoms with van der Waals surface area (Å²) in [6.45, 7) is 0.712. The third kappa shape index (κ3) is 2.78. The molecule has 2 aromatic rings. The normalized spacial score (nSPS) is 17.2. The topological polar surface area (TPSA) is 27.7 Å². The summed E-state index contributed by atoms with van der Waals surface area (Å²) in [5.41, 5.74) is 3.56. The monoisotopic (exact) mass is 348 g/mol. The Labute approximate surface area is 133 Å². The van der Waals surface area contributed by atoms with Crippen LogP contribution in [0.1, 0.15) is 22.8 Å². The quantitative estimate of drug-likeness (QED) is 0.834. The molecule has 0 aromatic heterocycles. The van der Waals surface area contributed by atoms with Crippen LogP contribution < -0.4 is 9.47 Å². The molecule has 0 radical (unpaired) electrons. The first-order valence-electron chi connectivity index (χ1n) is 6.85. The third-order valence-corrected chi connectivity index (χ3v) is 4.29. The lowest BCUT2D eigenvalue weighted by Gasteiger charge is -2.27. The maximum atomic E-state index is 5.99. The number of benzene rings is 2. The first-order valence-corrected chi connectivity index (χ1v) is 7.64. The molecule has 0 N–H and O–H groups in total. The molecule has 0 amide bonds. The van der Waals surface area contributed by atoms with Gasteiger partial charge >= 0.3 is 0 Å². The van der Waals surface area contributed by atoms with Gasteiger partial charge in [0.1, 0.15) is 6.10 Å². The largest absolute Gasteiger partial charge is 0.493 e. The van der Waals surface area contributed by atoms with Crippen molar-refractivity contribution in [3.05, 3.63) is 57.6 Å². The first kappa shape index (κ1) is 14.4. The van der Waals surface area contributed by atoms with Crippen molar-refractivity contribution >= 4 is 15.9 Å². The van der Waals surface area contributed by atoms with Gasteiger partial charge in [0.05, 0.1) is 20.8 Å². The van der Waals surface area contributed by atoms with Gasteiger partial charge < -0.3 is 14.2 Å². The zero-order valence-corrected chi connectivity index (χ0v) is 13.6. The SMILES string of the molecule is COc1cc2c(cc1OC)[C@@H](c1ccc(Br)cc1)OCC2. The summed E-state index contributed by atoms with van der Waals surface area (Å²) < 4.78 is 17.9. The van der Waals surface area contributed by atoms with E-state index in [1.165, 1.54) is 5.56 Å². The highest BCUT2D eigenvalue weighted by Crippen LogP contribution is 2.39. The summed E-state index contributed by atoms with van der Waals surface area (Å²) in [4.78, 5) is 0. The van der Waals surface area contributed by atoms with Crippen molar-refractivity contribution in [2.75, 3.05) is 20.8 Å². The van der Waals surface area contributed by atoms with Crippen molar-refractivity contribution in [1.82, 2.24) is 0 Å². The minimum absolute atomic E-state index is 0.0540. The molecule has 0 unspecified atom stereocenters. The highest BCUT2D eigenvalue weighted by atomic mass is 79.9. The number of halogens is 1. The summed E-state index contributed by atoms with van der Waals surface area (Å²) in [5, 5.41) is 0. The zero-order chi connectivity index (χ0) is 14.8. The van der Waals surface area contributed by atoms with E-state index in [1.807, 2.05) is 18.2 Å². The molecule has 3 rings (SSSR count). The number of ether oxygens (including phenoxy) is 3. The van der Waals surface area contributed by atoms with Crippen molar-refractivity contribution in [1.29, 1.82) is 0 Å². The van der Waals surface area contributed by atoms with Crippen LogP contribution >= 0.6 is 15.9 Å². The molecule has 2 aromatic carbocycles. The number of hydrogen-bond donors (Lipinski definition) is 0. The molecule has 110 valence electrons. The van der Waals surface area contributed by atoms with Gasteiger partial charge in [-0.3, -0.25) is 0 Å². The van der Waals surface area contributed by atoms with E-state index in [0.717, 1.165) is 33.5 Å². The second-order valence-electron chi connectivity index (χ2n) is 4.96. The minimum Gasteiger partial charge on any atom is -0.493 e. The van der Waals surface area contributed by atoms with E-state index in [1.54, 1.807) is 14.2 Å². The summed E-state index contributed by atoms with van der Waals surface area (Å²) in [6.07, 6.45) is 0.838. The Balaban J connectivity index is 2.06. The molecule has 0 spiro atoms. The molecule has 1 aliphatic heterocycles. The van der Waals surface area contributed by atoms with E-state index in [-0.39, 0.29) is 6.10 Å². The molecule has 0 fully saturated rings. The molecular weight excluding hydrogens is 332 g/mol. The predicted octanol–water partition coefficient (Wildman–Crippen LogP) is 4.13. The summed E-state index contributed by atoms with van der Waals surface area (Å²) in [5.74, 6) is 1.51. The van der Waals surface area contributed by atoms with E-state index in [0.29, 0.717) is 6.61 Å². The number of rotatable bonds is 3. The van der Waals surface area contributed by atoms with Crippen LogP contribution in [0.2, 0.25) is 0 Å². The Hall–Kier alpha value is -1.52. The van der Waals surface area contributed by atoms with Gasteiger partial charge in [0.15, 0.2) is 11.5 Å². The lowest BCUT2D eigenvalue weighted by molar-refractivity contribution is 0.0695. The average Bonchev–Trinajstić information content (AvgIpc) is 2.53. The first-order chi connectivity index (χ1) is 10.2. The fourth-order valence-electron chi connectivity index (χ4n) is 2.69. The lowest BCUT2D eigenvalue weighted by Crippen LogP contribution is -2.17. The standard InChI is InChI=1S/C17H17BrO3/c1-19-15-9-12-7-8-21-17(14(12)10-16(15)20-2)11-3-5-13(18)6-4-11/h3-6,9-10,17H,7-8H2,1-2H3/t17-/m1/s1. The van der Waals surface area contributed by atoms with Crippen molar-refractivity contribution < 1.29 is 14.2 Å². The van der Waals surface area contributed by atoms with E-state index >= 15 is 0 Å². The van der Waals surface area contributed by atoms with Crippen LogP contribution in [0, 0.1) is 0 Å². The summed E-state index contributed by atoms with van der Waals surface area (Å²) in [7, 11) is 3.32. The molecule has 0 bridgehead atoms. The lowest BCUT2D eigenvalue weighted by atomic mass is 9.92. The summed E-state index contributed by atoms with van der Waals surface area (Å²) in [6, 6.07) is 12.3. The van der Waals surface area contributed by atoms with Crippen LogP contribution in [0.5, 0.6) is 11.5 Å². The average molecular weight is 349 g/mol. The van der Waals surface area contributed by atoms with E-state index in [4.69, 9.17) is 14.2 Å². The van der Waals surface area contributed by atoms with Crippen molar-refractivity contribution in [2.24, 2.45) is 0 Å².